The molecule has 0 bridgehead atoms. The summed E-state index contributed by atoms with van der Waals surface area (Å²) in [6.45, 7) is 4.43. The van der Waals surface area contributed by atoms with Crippen molar-refractivity contribution in [1.29, 1.82) is 0 Å². The van der Waals surface area contributed by atoms with Gasteiger partial charge in [-0.15, -0.1) is 0 Å². The largest absolute Gasteiger partial charge is 0.481 e. The Morgan fingerprint density at radius 2 is 1.94 bits per heavy atom. The Kier molecular flexibility index (Phi) is 6.37. The molecule has 8 heteroatoms. The minimum absolute atomic E-state index is 0.102. The summed E-state index contributed by atoms with van der Waals surface area (Å²) in [4.78, 5) is 22.1. The van der Waals surface area contributed by atoms with Gasteiger partial charge in [-0.05, 0) is 19.8 Å². The SMILES string of the molecule is CCC(C(=O)O)C(=O)N(O)CNCP(C)(C)=O. The lowest BCUT2D eigenvalue weighted by Crippen LogP contribution is -2.42. The fourth-order valence-electron chi connectivity index (χ4n) is 1.14. The number of rotatable bonds is 7. The van der Waals surface area contributed by atoms with E-state index in [9.17, 15) is 19.4 Å². The molecule has 0 aliphatic heterocycles. The highest BCUT2D eigenvalue weighted by atomic mass is 31.2. The molecule has 0 saturated heterocycles. The third kappa shape index (κ3) is 6.41. The number of nitrogens with zero attached hydrogens (tertiary/aromatic N) is 1. The van der Waals surface area contributed by atoms with Crippen molar-refractivity contribution in [2.24, 2.45) is 5.92 Å². The van der Waals surface area contributed by atoms with Crippen LogP contribution in [0.25, 0.3) is 0 Å². The molecule has 100 valence electrons. The monoisotopic (exact) mass is 266 g/mol. The van der Waals surface area contributed by atoms with Gasteiger partial charge in [0.1, 0.15) is 5.92 Å². The number of nitrogens with one attached hydrogen (secondary N) is 1. The summed E-state index contributed by atoms with van der Waals surface area (Å²) < 4.78 is 11.3. The lowest BCUT2D eigenvalue weighted by Gasteiger charge is -2.19. The van der Waals surface area contributed by atoms with Gasteiger partial charge in [0.2, 0.25) is 0 Å². The molecule has 3 N–H and O–H groups in total. The van der Waals surface area contributed by atoms with Crippen LogP contribution in [0.3, 0.4) is 0 Å². The van der Waals surface area contributed by atoms with Gasteiger partial charge in [-0.1, -0.05) is 6.92 Å². The molecule has 0 aromatic heterocycles. The van der Waals surface area contributed by atoms with Gasteiger partial charge in [0.15, 0.2) is 0 Å². The molecule has 0 aromatic rings. The minimum Gasteiger partial charge on any atom is -0.481 e. The van der Waals surface area contributed by atoms with Crippen LogP contribution in [-0.2, 0) is 14.2 Å². The van der Waals surface area contributed by atoms with Crippen LogP contribution in [0.4, 0.5) is 0 Å². The number of carbonyl (C=O) groups is 2. The van der Waals surface area contributed by atoms with Crippen LogP contribution in [-0.4, -0.2) is 53.5 Å². The molecular weight excluding hydrogens is 247 g/mol. The molecule has 17 heavy (non-hydrogen) atoms. The number of hydrogen-bond acceptors (Lipinski definition) is 5. The standard InChI is InChI=1S/C9H19N2O5P/c1-4-7(9(13)14)8(12)11(15)5-10-6-17(2,3)16/h7,10,15H,4-6H2,1-3H3,(H,13,14). The summed E-state index contributed by atoms with van der Waals surface area (Å²) in [5.74, 6) is -3.40. The Labute approximate surface area is 100 Å². The molecular formula is C9H19N2O5P. The van der Waals surface area contributed by atoms with E-state index < -0.39 is 24.9 Å². The highest BCUT2D eigenvalue weighted by Gasteiger charge is 2.28. The fourth-order valence-corrected chi connectivity index (χ4v) is 1.78. The summed E-state index contributed by atoms with van der Waals surface area (Å²) >= 11 is 0. The predicted molar refractivity (Wildman–Crippen MR) is 62.4 cm³/mol. The molecule has 0 radical (unpaired) electrons. The maximum absolute atomic E-state index is 11.5. The summed E-state index contributed by atoms with van der Waals surface area (Å²) in [6.07, 6.45) is 0.270. The van der Waals surface area contributed by atoms with Gasteiger partial charge in [-0.2, -0.15) is 0 Å². The average molecular weight is 266 g/mol. The van der Waals surface area contributed by atoms with Gasteiger partial charge >= 0.3 is 5.97 Å². The zero-order valence-corrected chi connectivity index (χ0v) is 11.1. The summed E-state index contributed by atoms with van der Waals surface area (Å²) in [6, 6.07) is 0. The van der Waals surface area contributed by atoms with Crippen molar-refractivity contribution >= 4 is 19.0 Å². The molecule has 0 aliphatic rings. The first-order chi connectivity index (χ1) is 7.69. The van der Waals surface area contributed by atoms with E-state index in [2.05, 4.69) is 5.32 Å². The van der Waals surface area contributed by atoms with Crippen LogP contribution < -0.4 is 5.32 Å². The Hall–Kier alpha value is -0.910. The predicted octanol–water partition coefficient (Wildman–Crippen LogP) is 0.442. The van der Waals surface area contributed by atoms with E-state index in [-0.39, 0.29) is 19.4 Å². The first kappa shape index (κ1) is 16.1. The van der Waals surface area contributed by atoms with E-state index in [1.165, 1.54) is 0 Å². The number of hydroxylamine groups is 2. The Bertz CT molecular complexity index is 327. The molecule has 1 atom stereocenters. The second-order valence-electron chi connectivity index (χ2n) is 4.18. The maximum atomic E-state index is 11.5. The van der Waals surface area contributed by atoms with Gasteiger partial charge in [0.05, 0.1) is 20.1 Å². The quantitative estimate of drug-likeness (QED) is 0.203. The van der Waals surface area contributed by atoms with Crippen LogP contribution in [0.15, 0.2) is 0 Å². The number of carboxylic acid groups (broad SMARTS) is 1. The molecule has 1 unspecified atom stereocenters. The third-order valence-corrected chi connectivity index (χ3v) is 3.00. The zero-order chi connectivity index (χ0) is 13.6. The van der Waals surface area contributed by atoms with Gasteiger partial charge in [0, 0.05) is 0 Å². The van der Waals surface area contributed by atoms with Gasteiger partial charge in [-0.3, -0.25) is 20.1 Å². The Balaban J connectivity index is 4.22. The molecule has 0 heterocycles. The molecule has 1 amide bonds. The highest BCUT2D eigenvalue weighted by molar-refractivity contribution is 7.62. The normalized spacial score (nSPS) is 13.2. The lowest BCUT2D eigenvalue weighted by atomic mass is 10.1. The number of carboxylic acids is 1. The molecule has 0 saturated carbocycles. The van der Waals surface area contributed by atoms with Crippen molar-refractivity contribution in [3.8, 4) is 0 Å². The van der Waals surface area contributed by atoms with E-state index >= 15 is 0 Å². The Morgan fingerprint density at radius 1 is 1.41 bits per heavy atom. The molecule has 0 aromatic carbocycles. The molecule has 0 aliphatic carbocycles. The first-order valence-corrected chi connectivity index (χ1v) is 7.95. The van der Waals surface area contributed by atoms with Crippen LogP contribution >= 0.6 is 7.14 Å². The second kappa shape index (κ2) is 6.74. The Morgan fingerprint density at radius 3 is 2.29 bits per heavy atom. The smallest absolute Gasteiger partial charge is 0.316 e. The number of hydrogen-bond donors (Lipinski definition) is 3. The van der Waals surface area contributed by atoms with Crippen LogP contribution in [0.5, 0.6) is 0 Å². The highest BCUT2D eigenvalue weighted by Crippen LogP contribution is 2.33. The minimum atomic E-state index is -2.28. The van der Waals surface area contributed by atoms with Crippen molar-refractivity contribution in [2.45, 2.75) is 13.3 Å². The van der Waals surface area contributed by atoms with E-state index in [4.69, 9.17) is 5.11 Å². The zero-order valence-electron chi connectivity index (χ0n) is 10.2. The number of carbonyl (C=O) groups excluding carboxylic acids is 1. The van der Waals surface area contributed by atoms with Gasteiger partial charge in [0.25, 0.3) is 5.91 Å². The average Bonchev–Trinajstić information content (AvgIpc) is 2.15. The first-order valence-electron chi connectivity index (χ1n) is 5.16. The van der Waals surface area contributed by atoms with Crippen molar-refractivity contribution in [2.75, 3.05) is 26.3 Å². The fraction of sp³-hybridized carbons (Fsp3) is 0.778. The number of amides is 1. The molecule has 0 fully saturated rings. The summed E-state index contributed by atoms with van der Waals surface area (Å²) in [7, 11) is -2.28. The van der Waals surface area contributed by atoms with Crippen molar-refractivity contribution < 1.29 is 24.5 Å². The van der Waals surface area contributed by atoms with Crippen LogP contribution in [0, 0.1) is 5.92 Å². The van der Waals surface area contributed by atoms with E-state index in [0.717, 1.165) is 0 Å². The van der Waals surface area contributed by atoms with E-state index in [1.807, 2.05) is 0 Å². The maximum Gasteiger partial charge on any atom is 0.316 e. The van der Waals surface area contributed by atoms with Crippen molar-refractivity contribution in [3.05, 3.63) is 0 Å². The van der Waals surface area contributed by atoms with Crippen molar-refractivity contribution in [1.82, 2.24) is 10.4 Å². The summed E-state index contributed by atoms with van der Waals surface area (Å²) in [5.41, 5.74) is 0. The van der Waals surface area contributed by atoms with E-state index in [0.29, 0.717) is 5.06 Å². The topological polar surface area (TPSA) is 107 Å². The van der Waals surface area contributed by atoms with Crippen LogP contribution in [0.1, 0.15) is 13.3 Å². The van der Waals surface area contributed by atoms with Gasteiger partial charge < -0.3 is 9.67 Å². The lowest BCUT2D eigenvalue weighted by molar-refractivity contribution is -0.176. The molecule has 7 nitrogen and oxygen atoms in total. The van der Waals surface area contributed by atoms with Crippen molar-refractivity contribution in [3.63, 3.8) is 0 Å². The molecule has 0 rings (SSSR count). The van der Waals surface area contributed by atoms with E-state index in [1.54, 1.807) is 20.3 Å². The van der Waals surface area contributed by atoms with Crippen LogP contribution in [0.2, 0.25) is 0 Å². The summed E-state index contributed by atoms with van der Waals surface area (Å²) in [5, 5.41) is 21.0. The van der Waals surface area contributed by atoms with Gasteiger partial charge in [-0.25, -0.2) is 5.06 Å². The third-order valence-electron chi connectivity index (χ3n) is 2.01. The molecule has 0 spiro atoms. The number of aliphatic carboxylic acids is 1. The second-order valence-corrected chi connectivity index (χ2v) is 7.64.